The van der Waals surface area contributed by atoms with Gasteiger partial charge in [0, 0.05) is 29.8 Å². The molecule has 25 heavy (non-hydrogen) atoms. The second-order valence-electron chi connectivity index (χ2n) is 6.54. The number of halogens is 3. The van der Waals surface area contributed by atoms with E-state index in [1.54, 1.807) is 4.90 Å². The Morgan fingerprint density at radius 2 is 2.00 bits per heavy atom. The molecule has 4 nitrogen and oxygen atoms in total. The number of rotatable bonds is 4. The van der Waals surface area contributed by atoms with Gasteiger partial charge in [0.1, 0.15) is 0 Å². The van der Waals surface area contributed by atoms with Crippen LogP contribution in [0.3, 0.4) is 0 Å². The van der Waals surface area contributed by atoms with Crippen LogP contribution in [0.4, 0.5) is 23.7 Å². The van der Waals surface area contributed by atoms with Gasteiger partial charge in [0.15, 0.2) is 0 Å². The second kappa shape index (κ2) is 7.86. The van der Waals surface area contributed by atoms with Gasteiger partial charge >= 0.3 is 11.5 Å². The van der Waals surface area contributed by atoms with Crippen LogP contribution in [-0.2, 0) is 4.74 Å². The third-order valence-corrected chi connectivity index (χ3v) is 4.79. The molecule has 0 radical (unpaired) electrons. The van der Waals surface area contributed by atoms with Crippen molar-refractivity contribution in [3.63, 3.8) is 0 Å². The number of benzene rings is 1. The van der Waals surface area contributed by atoms with Crippen molar-refractivity contribution in [2.75, 3.05) is 18.5 Å². The summed E-state index contributed by atoms with van der Waals surface area (Å²) in [5.74, 6) is 0. The van der Waals surface area contributed by atoms with Gasteiger partial charge in [0.25, 0.3) is 0 Å². The van der Waals surface area contributed by atoms with Crippen LogP contribution < -0.4 is 5.32 Å². The third kappa shape index (κ3) is 6.11. The molecule has 1 heterocycles. The Hall–Kier alpha value is -1.41. The predicted molar refractivity (Wildman–Crippen MR) is 92.8 cm³/mol. The molecule has 0 saturated carbocycles. The number of nitrogens with one attached hydrogen (secondary N) is 1. The molecule has 2 rings (SSSR count). The summed E-state index contributed by atoms with van der Waals surface area (Å²) in [4.78, 5) is 14.4. The highest BCUT2D eigenvalue weighted by molar-refractivity contribution is 8.00. The van der Waals surface area contributed by atoms with E-state index in [0.717, 1.165) is 12.8 Å². The van der Waals surface area contributed by atoms with Crippen molar-refractivity contribution in [3.8, 4) is 0 Å². The number of carbonyl (C=O) groups is 1. The molecular formula is C17H23F3N2O2S. The molecule has 0 bridgehead atoms. The van der Waals surface area contributed by atoms with Crippen LogP contribution in [0.2, 0.25) is 0 Å². The minimum absolute atomic E-state index is 0.0776. The van der Waals surface area contributed by atoms with Crippen LogP contribution in [0.25, 0.3) is 0 Å². The molecule has 1 saturated heterocycles. The average molecular weight is 376 g/mol. The SMILES string of the molecule is CCN(C(=O)Nc1ccc(SC(F)(F)F)cc1)[C@@H]1CCOC(C)(C)C1. The number of hydrogen-bond acceptors (Lipinski definition) is 3. The van der Waals surface area contributed by atoms with Crippen LogP contribution in [0.1, 0.15) is 33.6 Å². The van der Waals surface area contributed by atoms with E-state index in [1.165, 1.54) is 24.3 Å². The lowest BCUT2D eigenvalue weighted by Gasteiger charge is -2.40. The Bertz CT molecular complexity index is 591. The summed E-state index contributed by atoms with van der Waals surface area (Å²) >= 11 is -0.175. The molecule has 1 aromatic carbocycles. The van der Waals surface area contributed by atoms with Crippen molar-refractivity contribution in [3.05, 3.63) is 24.3 Å². The zero-order chi connectivity index (χ0) is 18.7. The number of alkyl halides is 3. The number of nitrogens with zero attached hydrogens (tertiary/aromatic N) is 1. The van der Waals surface area contributed by atoms with Gasteiger partial charge in [-0.2, -0.15) is 13.2 Å². The first-order valence-corrected chi connectivity index (χ1v) is 8.99. The molecule has 1 aromatic rings. The summed E-state index contributed by atoms with van der Waals surface area (Å²) in [7, 11) is 0. The van der Waals surface area contributed by atoms with Gasteiger partial charge in [0.05, 0.1) is 5.60 Å². The average Bonchev–Trinajstić information content (AvgIpc) is 2.47. The normalized spacial score (nSPS) is 20.2. The summed E-state index contributed by atoms with van der Waals surface area (Å²) in [6, 6.07) is 5.49. The first kappa shape index (κ1) is 19.9. The highest BCUT2D eigenvalue weighted by Crippen LogP contribution is 2.37. The molecule has 0 unspecified atom stereocenters. The molecule has 1 atom stereocenters. The fourth-order valence-electron chi connectivity index (χ4n) is 2.97. The van der Waals surface area contributed by atoms with Crippen molar-refractivity contribution in [2.45, 2.75) is 55.7 Å². The number of anilines is 1. The number of urea groups is 1. The van der Waals surface area contributed by atoms with E-state index in [4.69, 9.17) is 4.74 Å². The van der Waals surface area contributed by atoms with E-state index < -0.39 is 5.51 Å². The highest BCUT2D eigenvalue weighted by atomic mass is 32.2. The first-order valence-electron chi connectivity index (χ1n) is 8.17. The van der Waals surface area contributed by atoms with Crippen LogP contribution >= 0.6 is 11.8 Å². The summed E-state index contributed by atoms with van der Waals surface area (Å²) < 4.78 is 42.7. The van der Waals surface area contributed by atoms with Gasteiger partial charge in [-0.3, -0.25) is 0 Å². The van der Waals surface area contributed by atoms with E-state index >= 15 is 0 Å². The van der Waals surface area contributed by atoms with Crippen LogP contribution in [0.15, 0.2) is 29.2 Å². The molecule has 8 heteroatoms. The van der Waals surface area contributed by atoms with Gasteiger partial charge in [-0.1, -0.05) is 0 Å². The minimum Gasteiger partial charge on any atom is -0.375 e. The molecule has 1 fully saturated rings. The molecule has 1 aliphatic heterocycles. The number of amides is 2. The Morgan fingerprint density at radius 1 is 1.36 bits per heavy atom. The van der Waals surface area contributed by atoms with Gasteiger partial charge < -0.3 is 15.0 Å². The molecule has 2 amide bonds. The predicted octanol–water partition coefficient (Wildman–Crippen LogP) is 5.11. The zero-order valence-electron chi connectivity index (χ0n) is 14.5. The smallest absolute Gasteiger partial charge is 0.375 e. The van der Waals surface area contributed by atoms with Gasteiger partial charge in [-0.15, -0.1) is 0 Å². The Kier molecular flexibility index (Phi) is 6.26. The number of thioether (sulfide) groups is 1. The lowest BCUT2D eigenvalue weighted by Crippen LogP contribution is -2.49. The van der Waals surface area contributed by atoms with E-state index in [9.17, 15) is 18.0 Å². The molecule has 0 aromatic heterocycles. The van der Waals surface area contributed by atoms with E-state index in [2.05, 4.69) is 5.32 Å². The molecule has 0 spiro atoms. The molecular weight excluding hydrogens is 353 g/mol. The largest absolute Gasteiger partial charge is 0.446 e. The maximum atomic E-state index is 12.6. The van der Waals surface area contributed by atoms with Crippen molar-refractivity contribution in [2.24, 2.45) is 0 Å². The highest BCUT2D eigenvalue weighted by Gasteiger charge is 2.34. The summed E-state index contributed by atoms with van der Waals surface area (Å²) in [6.45, 7) is 7.06. The van der Waals surface area contributed by atoms with Gasteiger partial charge in [0.2, 0.25) is 0 Å². The number of carbonyl (C=O) groups excluding carboxylic acids is 1. The van der Waals surface area contributed by atoms with Crippen molar-refractivity contribution in [1.29, 1.82) is 0 Å². The third-order valence-electron chi connectivity index (χ3n) is 4.05. The fourth-order valence-corrected chi connectivity index (χ4v) is 3.51. The molecule has 140 valence electrons. The van der Waals surface area contributed by atoms with Crippen LogP contribution in [0.5, 0.6) is 0 Å². The summed E-state index contributed by atoms with van der Waals surface area (Å²) in [5.41, 5.74) is -4.12. The van der Waals surface area contributed by atoms with E-state index in [0.29, 0.717) is 18.8 Å². The monoisotopic (exact) mass is 376 g/mol. The van der Waals surface area contributed by atoms with Crippen LogP contribution in [-0.4, -0.2) is 41.2 Å². The quantitative estimate of drug-likeness (QED) is 0.743. The minimum atomic E-state index is -4.32. The van der Waals surface area contributed by atoms with Crippen LogP contribution in [0, 0.1) is 0 Å². The van der Waals surface area contributed by atoms with E-state index in [1.807, 2.05) is 20.8 Å². The van der Waals surface area contributed by atoms with Crippen molar-refractivity contribution >= 4 is 23.5 Å². The Morgan fingerprint density at radius 3 is 2.52 bits per heavy atom. The van der Waals surface area contributed by atoms with Crippen molar-refractivity contribution < 1.29 is 22.7 Å². The molecule has 0 aliphatic carbocycles. The number of hydrogen-bond donors (Lipinski definition) is 1. The maximum Gasteiger partial charge on any atom is 0.446 e. The van der Waals surface area contributed by atoms with Gasteiger partial charge in [-0.05, 0) is 69.6 Å². The lowest BCUT2D eigenvalue weighted by molar-refractivity contribution is -0.0758. The van der Waals surface area contributed by atoms with Crippen molar-refractivity contribution in [1.82, 2.24) is 4.90 Å². The Balaban J connectivity index is 1.99. The zero-order valence-corrected chi connectivity index (χ0v) is 15.3. The summed E-state index contributed by atoms with van der Waals surface area (Å²) in [5, 5.41) is 2.76. The maximum absolute atomic E-state index is 12.6. The summed E-state index contributed by atoms with van der Waals surface area (Å²) in [6.07, 6.45) is 1.52. The second-order valence-corrected chi connectivity index (χ2v) is 7.68. The first-order chi connectivity index (χ1) is 11.6. The Labute approximate surface area is 150 Å². The topological polar surface area (TPSA) is 41.6 Å². The lowest BCUT2D eigenvalue weighted by atomic mass is 9.93. The van der Waals surface area contributed by atoms with Gasteiger partial charge in [-0.25, -0.2) is 4.79 Å². The molecule has 1 aliphatic rings. The van der Waals surface area contributed by atoms with E-state index in [-0.39, 0.29) is 34.3 Å². The molecule has 1 N–H and O–H groups in total. The fraction of sp³-hybridized carbons (Fsp3) is 0.588. The number of ether oxygens (including phenoxy) is 1. The standard InChI is InChI=1S/C17H23F3N2O2S/c1-4-22(13-9-10-24-16(2,3)11-13)15(23)21-12-5-7-14(8-6-12)25-17(18,19)20/h5-8,13H,4,9-11H2,1-3H3,(H,21,23)/t13-/m1/s1.